The van der Waals surface area contributed by atoms with Crippen molar-refractivity contribution in [1.82, 2.24) is 9.13 Å². The lowest BCUT2D eigenvalue weighted by molar-refractivity contribution is 0.125. The van der Waals surface area contributed by atoms with Crippen LogP contribution in [0.25, 0.3) is 66.1 Å². The van der Waals surface area contributed by atoms with Crippen LogP contribution in [0, 0.1) is 5.41 Å². The third-order valence-corrected chi connectivity index (χ3v) is 14.0. The molecule has 0 atom stereocenters. The average molecular weight is 649 g/mol. The second-order valence-electron chi connectivity index (χ2n) is 17.1. The van der Waals surface area contributed by atoms with Crippen LogP contribution in [0.5, 0.6) is 0 Å². The Balaban J connectivity index is 1.34. The summed E-state index contributed by atoms with van der Waals surface area (Å²) in [6.07, 6.45) is 0. The molecule has 2 heterocycles. The molecule has 2 aliphatic rings. The molecule has 2 aromatic heterocycles. The van der Waals surface area contributed by atoms with Gasteiger partial charge in [-0.1, -0.05) is 116 Å². The summed E-state index contributed by atoms with van der Waals surface area (Å²) < 4.78 is 4.98. The minimum Gasteiger partial charge on any atom is -0.309 e. The summed E-state index contributed by atoms with van der Waals surface area (Å²) in [6.45, 7) is 19.7. The number of hydrogen-bond acceptors (Lipinski definition) is 0. The van der Waals surface area contributed by atoms with Gasteiger partial charge in [-0.15, -0.1) is 0 Å². The van der Waals surface area contributed by atoms with Gasteiger partial charge in [-0.2, -0.15) is 0 Å². The Bertz CT molecular complexity index is 2730. The number of rotatable bonds is 2. The van der Waals surface area contributed by atoms with Crippen molar-refractivity contribution in [3.8, 4) is 22.5 Å². The summed E-state index contributed by atoms with van der Waals surface area (Å²) in [5.74, 6) is 0. The van der Waals surface area contributed by atoms with E-state index in [1.54, 1.807) is 0 Å². The third kappa shape index (κ3) is 3.40. The molecule has 8 aromatic rings. The van der Waals surface area contributed by atoms with E-state index in [1.165, 1.54) is 88.4 Å². The van der Waals surface area contributed by atoms with E-state index < -0.39 is 0 Å². The van der Waals surface area contributed by atoms with Gasteiger partial charge in [0.1, 0.15) is 0 Å². The van der Waals surface area contributed by atoms with Crippen molar-refractivity contribution in [3.63, 3.8) is 0 Å². The standard InChI is InChI=1S/C48H44N2/c1-45(2)37-27-41-34(31-21-15-16-22-39(31)49(41)29-17-11-9-12-18-29)25-32(37)33-26-35-42(28-38(33)45)50(30-19-13-10-14-20-30)40-24-23-36-44(43(35)40)47(5,6)48(7,8)46(36,3)4/h9-28H,1-8H3. The molecule has 0 bridgehead atoms. The topological polar surface area (TPSA) is 9.86 Å². The molecule has 0 radical (unpaired) electrons. The summed E-state index contributed by atoms with van der Waals surface area (Å²) in [5.41, 5.74) is 16.0. The Kier molecular flexibility index (Phi) is 5.59. The van der Waals surface area contributed by atoms with Crippen molar-refractivity contribution in [2.24, 2.45) is 5.41 Å². The van der Waals surface area contributed by atoms with E-state index in [9.17, 15) is 0 Å². The number of fused-ring (bicyclic) bond motifs is 11. The Morgan fingerprint density at radius 1 is 0.400 bits per heavy atom. The molecule has 2 heteroatoms. The number of aromatic nitrogens is 2. The second-order valence-corrected chi connectivity index (χ2v) is 17.1. The van der Waals surface area contributed by atoms with E-state index in [2.05, 4.69) is 186 Å². The van der Waals surface area contributed by atoms with Crippen LogP contribution < -0.4 is 0 Å². The molecule has 10 rings (SSSR count). The summed E-state index contributed by atoms with van der Waals surface area (Å²) in [4.78, 5) is 0. The lowest BCUT2D eigenvalue weighted by Crippen LogP contribution is -2.42. The zero-order valence-electron chi connectivity index (χ0n) is 30.4. The van der Waals surface area contributed by atoms with Crippen molar-refractivity contribution < 1.29 is 0 Å². The number of benzene rings is 6. The van der Waals surface area contributed by atoms with Crippen LogP contribution in [-0.2, 0) is 16.2 Å². The first-order valence-electron chi connectivity index (χ1n) is 18.2. The molecule has 0 fully saturated rings. The first-order valence-corrected chi connectivity index (χ1v) is 18.2. The number of hydrogen-bond donors (Lipinski definition) is 0. The molecule has 2 nitrogen and oxygen atoms in total. The van der Waals surface area contributed by atoms with Crippen LogP contribution in [0.15, 0.2) is 121 Å². The van der Waals surface area contributed by atoms with E-state index in [0.717, 1.165) is 0 Å². The summed E-state index contributed by atoms with van der Waals surface area (Å²) in [5, 5.41) is 5.38. The lowest BCUT2D eigenvalue weighted by Gasteiger charge is -2.44. The van der Waals surface area contributed by atoms with Gasteiger partial charge >= 0.3 is 0 Å². The van der Waals surface area contributed by atoms with Gasteiger partial charge in [0, 0.05) is 38.3 Å². The molecular weight excluding hydrogens is 605 g/mol. The molecule has 0 unspecified atom stereocenters. The maximum atomic E-state index is 2.57. The molecule has 2 aliphatic carbocycles. The SMILES string of the molecule is CC1(C)c2cc3c(cc2-c2cc4c5c6c(ccc5n(-c5ccccc5)c4cc21)C(C)(C)C(C)(C)C6(C)C)c1ccccc1n3-c1ccccc1. The van der Waals surface area contributed by atoms with Gasteiger partial charge < -0.3 is 9.13 Å². The molecule has 6 aromatic carbocycles. The van der Waals surface area contributed by atoms with Crippen LogP contribution in [0.2, 0.25) is 0 Å². The van der Waals surface area contributed by atoms with Crippen molar-refractivity contribution >= 4 is 43.6 Å². The highest BCUT2D eigenvalue weighted by atomic mass is 15.0. The monoisotopic (exact) mass is 648 g/mol. The van der Waals surface area contributed by atoms with Gasteiger partial charge in [0.25, 0.3) is 0 Å². The van der Waals surface area contributed by atoms with Crippen molar-refractivity contribution in [2.75, 3.05) is 0 Å². The Morgan fingerprint density at radius 2 is 0.920 bits per heavy atom. The first-order chi connectivity index (χ1) is 23.9. The maximum Gasteiger partial charge on any atom is 0.0544 e. The van der Waals surface area contributed by atoms with Gasteiger partial charge in [0.05, 0.1) is 22.1 Å². The fraction of sp³-hybridized carbons (Fsp3) is 0.250. The molecule has 0 saturated heterocycles. The average Bonchev–Trinajstić information content (AvgIpc) is 3.72. The van der Waals surface area contributed by atoms with Crippen LogP contribution in [0.4, 0.5) is 0 Å². The van der Waals surface area contributed by atoms with Gasteiger partial charge in [0.15, 0.2) is 0 Å². The molecule has 0 amide bonds. The van der Waals surface area contributed by atoms with Gasteiger partial charge in [0.2, 0.25) is 0 Å². The van der Waals surface area contributed by atoms with Crippen LogP contribution in [-0.4, -0.2) is 9.13 Å². The molecule has 50 heavy (non-hydrogen) atoms. The largest absolute Gasteiger partial charge is 0.309 e. The summed E-state index contributed by atoms with van der Waals surface area (Å²) in [6, 6.07) is 45.7. The quantitative estimate of drug-likeness (QED) is 0.177. The number of para-hydroxylation sites is 3. The highest BCUT2D eigenvalue weighted by molar-refractivity contribution is 6.16. The fourth-order valence-corrected chi connectivity index (χ4v) is 10.1. The fourth-order valence-electron chi connectivity index (χ4n) is 10.1. The zero-order valence-corrected chi connectivity index (χ0v) is 30.4. The number of nitrogens with zero attached hydrogens (tertiary/aromatic N) is 2. The van der Waals surface area contributed by atoms with Crippen LogP contribution in [0.1, 0.15) is 77.6 Å². The predicted octanol–water partition coefficient (Wildman–Crippen LogP) is 12.8. The molecule has 0 N–H and O–H groups in total. The predicted molar refractivity (Wildman–Crippen MR) is 213 cm³/mol. The van der Waals surface area contributed by atoms with Crippen molar-refractivity contribution in [2.45, 2.75) is 71.6 Å². The van der Waals surface area contributed by atoms with Crippen molar-refractivity contribution in [3.05, 3.63) is 144 Å². The van der Waals surface area contributed by atoms with Crippen LogP contribution >= 0.6 is 0 Å². The molecule has 246 valence electrons. The highest BCUT2D eigenvalue weighted by Gasteiger charge is 2.57. The smallest absolute Gasteiger partial charge is 0.0544 e. The Morgan fingerprint density at radius 3 is 1.54 bits per heavy atom. The minimum absolute atomic E-state index is 0.0250. The van der Waals surface area contributed by atoms with Crippen molar-refractivity contribution in [1.29, 1.82) is 0 Å². The second kappa shape index (κ2) is 9.37. The molecular formula is C48H44N2. The highest BCUT2D eigenvalue weighted by Crippen LogP contribution is 2.64. The van der Waals surface area contributed by atoms with E-state index in [0.29, 0.717) is 0 Å². The Hall–Kier alpha value is -5.08. The molecule has 0 aliphatic heterocycles. The van der Waals surface area contributed by atoms with E-state index in [-0.39, 0.29) is 21.7 Å². The van der Waals surface area contributed by atoms with E-state index in [4.69, 9.17) is 0 Å². The maximum absolute atomic E-state index is 2.57. The summed E-state index contributed by atoms with van der Waals surface area (Å²) in [7, 11) is 0. The molecule has 0 spiro atoms. The minimum atomic E-state index is -0.172. The summed E-state index contributed by atoms with van der Waals surface area (Å²) >= 11 is 0. The van der Waals surface area contributed by atoms with Gasteiger partial charge in [-0.25, -0.2) is 0 Å². The Labute approximate surface area is 295 Å². The van der Waals surface area contributed by atoms with E-state index >= 15 is 0 Å². The van der Waals surface area contributed by atoms with E-state index in [1.807, 2.05) is 0 Å². The van der Waals surface area contributed by atoms with Gasteiger partial charge in [-0.05, 0) is 110 Å². The lowest BCUT2D eigenvalue weighted by atomic mass is 9.59. The third-order valence-electron chi connectivity index (χ3n) is 14.0. The molecule has 0 saturated carbocycles. The van der Waals surface area contributed by atoms with Gasteiger partial charge in [-0.3, -0.25) is 0 Å². The zero-order chi connectivity index (χ0) is 34.5. The normalized spacial score (nSPS) is 17.8. The first kappa shape index (κ1) is 29.8. The van der Waals surface area contributed by atoms with Crippen LogP contribution in [0.3, 0.4) is 0 Å².